The fourth-order valence-corrected chi connectivity index (χ4v) is 1.79. The number of ether oxygens (including phenoxy) is 1. The summed E-state index contributed by atoms with van der Waals surface area (Å²) in [6.45, 7) is 0. The molecule has 17 heavy (non-hydrogen) atoms. The van der Waals surface area contributed by atoms with E-state index in [-0.39, 0.29) is 0 Å². The molecule has 0 bridgehead atoms. The first kappa shape index (κ1) is 11.5. The number of imidazole rings is 1. The average molecular weight is 254 g/mol. The molecule has 0 aliphatic heterocycles. The number of aromatic nitrogens is 2. The molecule has 0 N–H and O–H groups in total. The van der Waals surface area contributed by atoms with Crippen molar-refractivity contribution in [2.45, 2.75) is 0 Å². The maximum atomic E-state index is 11.5. The van der Waals surface area contributed by atoms with Crippen LogP contribution in [0.3, 0.4) is 0 Å². The van der Waals surface area contributed by atoms with E-state index in [2.05, 4.69) is 4.98 Å². The predicted octanol–water partition coefficient (Wildman–Crippen LogP) is 1.79. The minimum Gasteiger partial charge on any atom is -0.497 e. The molecule has 1 aromatic carbocycles. The largest absolute Gasteiger partial charge is 0.497 e. The van der Waals surface area contributed by atoms with Crippen molar-refractivity contribution in [2.24, 2.45) is 0 Å². The van der Waals surface area contributed by atoms with Gasteiger partial charge in [-0.2, -0.15) is 4.73 Å². The highest BCUT2D eigenvalue weighted by Crippen LogP contribution is 2.26. The van der Waals surface area contributed by atoms with Crippen molar-refractivity contribution < 1.29 is 18.5 Å². The van der Waals surface area contributed by atoms with Crippen LogP contribution in [-0.4, -0.2) is 16.8 Å². The first-order chi connectivity index (χ1) is 8.28. The normalized spacial score (nSPS) is 11.8. The maximum Gasteiger partial charge on any atom is 0.437 e. The number of hydrogen-bond acceptors (Lipinski definition) is 5. The van der Waals surface area contributed by atoms with E-state index in [1.54, 1.807) is 31.4 Å². The van der Waals surface area contributed by atoms with Crippen LogP contribution in [0.1, 0.15) is 0 Å². The Labute approximate surface area is 98.7 Å². The lowest BCUT2D eigenvalue weighted by molar-refractivity contribution is 0.253. The summed E-state index contributed by atoms with van der Waals surface area (Å²) >= 11 is 0. The molecule has 0 fully saturated rings. The summed E-state index contributed by atoms with van der Waals surface area (Å²) in [5.74, 6) is 1.15. The SMILES string of the molecule is COc1ccc(O[PH](=O)On2ccnc2)cc1. The second-order valence-corrected chi connectivity index (χ2v) is 3.93. The lowest BCUT2D eigenvalue weighted by atomic mass is 10.3. The van der Waals surface area contributed by atoms with Crippen LogP contribution < -0.4 is 13.9 Å². The van der Waals surface area contributed by atoms with Crippen molar-refractivity contribution in [3.8, 4) is 11.5 Å². The molecule has 0 spiro atoms. The van der Waals surface area contributed by atoms with Crippen LogP contribution in [0.15, 0.2) is 43.0 Å². The second kappa shape index (κ2) is 5.41. The van der Waals surface area contributed by atoms with Crippen molar-refractivity contribution in [1.29, 1.82) is 0 Å². The standard InChI is InChI=1S/C10H11N2O4P/c1-14-9-2-4-10(5-3-9)15-17(13)16-12-7-6-11-8-12/h2-8,17H,1H3. The van der Waals surface area contributed by atoms with Crippen molar-refractivity contribution >= 4 is 8.25 Å². The Balaban J connectivity index is 1.93. The Morgan fingerprint density at radius 3 is 2.53 bits per heavy atom. The highest BCUT2D eigenvalue weighted by molar-refractivity contribution is 7.34. The molecule has 0 amide bonds. The summed E-state index contributed by atoms with van der Waals surface area (Å²) < 4.78 is 27.8. The number of methoxy groups -OCH3 is 1. The first-order valence-electron chi connectivity index (χ1n) is 4.80. The molecule has 2 rings (SSSR count). The highest BCUT2D eigenvalue weighted by Gasteiger charge is 2.03. The molecule has 0 saturated heterocycles. The minimum atomic E-state index is -2.65. The van der Waals surface area contributed by atoms with E-state index in [1.165, 1.54) is 23.5 Å². The van der Waals surface area contributed by atoms with Crippen LogP contribution >= 0.6 is 8.25 Å². The van der Waals surface area contributed by atoms with Gasteiger partial charge in [-0.3, -0.25) is 0 Å². The smallest absolute Gasteiger partial charge is 0.437 e. The molecule has 0 aliphatic rings. The third kappa shape index (κ3) is 3.26. The average Bonchev–Trinajstić information content (AvgIpc) is 2.82. The van der Waals surface area contributed by atoms with Gasteiger partial charge in [0.25, 0.3) is 0 Å². The first-order valence-corrected chi connectivity index (χ1v) is 6.02. The molecule has 1 atom stereocenters. The zero-order valence-electron chi connectivity index (χ0n) is 9.07. The molecule has 1 aromatic heterocycles. The lowest BCUT2D eigenvalue weighted by Crippen LogP contribution is -2.02. The summed E-state index contributed by atoms with van der Waals surface area (Å²) in [6.07, 6.45) is 4.43. The van der Waals surface area contributed by atoms with Crippen molar-refractivity contribution in [1.82, 2.24) is 9.71 Å². The lowest BCUT2D eigenvalue weighted by Gasteiger charge is -2.07. The number of nitrogens with zero attached hydrogens (tertiary/aromatic N) is 2. The summed E-state index contributed by atoms with van der Waals surface area (Å²) in [5, 5.41) is 0. The maximum absolute atomic E-state index is 11.5. The van der Waals surface area contributed by atoms with Gasteiger partial charge in [0.15, 0.2) is 0 Å². The van der Waals surface area contributed by atoms with Gasteiger partial charge in [0, 0.05) is 6.20 Å². The van der Waals surface area contributed by atoms with Gasteiger partial charge in [-0.1, -0.05) is 0 Å². The van der Waals surface area contributed by atoms with Crippen LogP contribution in [0.4, 0.5) is 0 Å². The van der Waals surface area contributed by atoms with Crippen LogP contribution in [-0.2, 0) is 4.57 Å². The number of benzene rings is 1. The van der Waals surface area contributed by atoms with E-state index >= 15 is 0 Å². The summed E-state index contributed by atoms with van der Waals surface area (Å²) in [5.41, 5.74) is 0. The molecular weight excluding hydrogens is 243 g/mol. The second-order valence-electron chi connectivity index (χ2n) is 3.04. The Kier molecular flexibility index (Phi) is 3.67. The van der Waals surface area contributed by atoms with Crippen LogP contribution in [0.2, 0.25) is 0 Å². The molecule has 90 valence electrons. The Morgan fingerprint density at radius 1 is 1.24 bits per heavy atom. The van der Waals surface area contributed by atoms with Crippen molar-refractivity contribution in [3.63, 3.8) is 0 Å². The molecule has 7 heteroatoms. The monoisotopic (exact) mass is 254 g/mol. The van der Waals surface area contributed by atoms with Gasteiger partial charge in [0.2, 0.25) is 0 Å². The van der Waals surface area contributed by atoms with Crippen molar-refractivity contribution in [3.05, 3.63) is 43.0 Å². The number of hydrogen-bond donors (Lipinski definition) is 0. The Bertz CT molecular complexity index is 484. The van der Waals surface area contributed by atoms with Crippen LogP contribution in [0.5, 0.6) is 11.5 Å². The molecular formula is C10H11N2O4P. The van der Waals surface area contributed by atoms with Crippen LogP contribution in [0, 0.1) is 0 Å². The molecule has 1 unspecified atom stereocenters. The summed E-state index contributed by atoms with van der Waals surface area (Å²) in [4.78, 5) is 3.75. The zero-order valence-corrected chi connectivity index (χ0v) is 10.1. The van der Waals surface area contributed by atoms with E-state index in [0.29, 0.717) is 11.5 Å². The van der Waals surface area contributed by atoms with Gasteiger partial charge in [0.05, 0.1) is 13.3 Å². The third-order valence-corrected chi connectivity index (χ3v) is 2.68. The van der Waals surface area contributed by atoms with E-state index < -0.39 is 8.25 Å². The molecule has 6 nitrogen and oxygen atoms in total. The van der Waals surface area contributed by atoms with Gasteiger partial charge >= 0.3 is 8.25 Å². The predicted molar refractivity (Wildman–Crippen MR) is 61.4 cm³/mol. The molecule has 0 radical (unpaired) electrons. The van der Waals surface area contributed by atoms with Gasteiger partial charge in [0.1, 0.15) is 17.8 Å². The van der Waals surface area contributed by atoms with E-state index in [1.807, 2.05) is 0 Å². The molecule has 0 aliphatic carbocycles. The molecule has 2 aromatic rings. The van der Waals surface area contributed by atoms with Crippen molar-refractivity contribution in [2.75, 3.05) is 7.11 Å². The topological polar surface area (TPSA) is 62.6 Å². The third-order valence-electron chi connectivity index (χ3n) is 1.92. The quantitative estimate of drug-likeness (QED) is 0.761. The fraction of sp³-hybridized carbons (Fsp3) is 0.100. The number of rotatable bonds is 5. The van der Waals surface area contributed by atoms with Gasteiger partial charge in [-0.05, 0) is 24.3 Å². The Morgan fingerprint density at radius 2 is 1.94 bits per heavy atom. The fourth-order valence-electron chi connectivity index (χ4n) is 1.15. The van der Waals surface area contributed by atoms with E-state index in [0.717, 1.165) is 0 Å². The molecule has 1 heterocycles. The summed E-state index contributed by atoms with van der Waals surface area (Å²) in [6, 6.07) is 6.72. The van der Waals surface area contributed by atoms with Gasteiger partial charge < -0.3 is 13.9 Å². The van der Waals surface area contributed by atoms with E-state index in [4.69, 9.17) is 13.9 Å². The van der Waals surface area contributed by atoms with Crippen LogP contribution in [0.25, 0.3) is 0 Å². The minimum absolute atomic E-state index is 0.454. The summed E-state index contributed by atoms with van der Waals surface area (Å²) in [7, 11) is -1.08. The van der Waals surface area contributed by atoms with Gasteiger partial charge in [-0.25, -0.2) is 9.55 Å². The Hall–Kier alpha value is -1.94. The molecule has 0 saturated carbocycles. The zero-order chi connectivity index (χ0) is 12.1. The van der Waals surface area contributed by atoms with Gasteiger partial charge in [-0.15, -0.1) is 0 Å². The van der Waals surface area contributed by atoms with E-state index in [9.17, 15) is 4.57 Å². The highest BCUT2D eigenvalue weighted by atomic mass is 31.1.